The molecule has 0 aliphatic heterocycles. The minimum atomic E-state index is -5.19. The van der Waals surface area contributed by atoms with E-state index in [1.54, 1.807) is 6.20 Å². The molecular weight excluding hydrogens is 413 g/mol. The van der Waals surface area contributed by atoms with E-state index in [0.29, 0.717) is 0 Å². The number of aliphatic carboxylic acids is 1. The highest BCUT2D eigenvalue weighted by Crippen LogP contribution is 2.22. The van der Waals surface area contributed by atoms with E-state index in [9.17, 15) is 21.6 Å². The second kappa shape index (κ2) is 8.97. The first-order valence-electron chi connectivity index (χ1n) is 8.05. The van der Waals surface area contributed by atoms with E-state index in [-0.39, 0.29) is 12.3 Å². The van der Waals surface area contributed by atoms with Gasteiger partial charge in [0.15, 0.2) is 12.7 Å². The zero-order valence-electron chi connectivity index (χ0n) is 14.7. The zero-order chi connectivity index (χ0) is 21.7. The third-order valence-corrected chi connectivity index (χ3v) is 4.31. The van der Waals surface area contributed by atoms with Crippen LogP contribution in [-0.4, -0.2) is 36.0 Å². The largest absolute Gasteiger partial charge is 0.542 e. The van der Waals surface area contributed by atoms with Gasteiger partial charge >= 0.3 is 6.18 Å². The van der Waals surface area contributed by atoms with Crippen LogP contribution >= 0.6 is 0 Å². The van der Waals surface area contributed by atoms with Gasteiger partial charge in [0.1, 0.15) is 17.2 Å². The number of hydrogen-bond acceptors (Lipinski definition) is 5. The summed E-state index contributed by atoms with van der Waals surface area (Å²) < 4.78 is 63.4. The second-order valence-corrected chi connectivity index (χ2v) is 7.36. The van der Waals surface area contributed by atoms with Crippen molar-refractivity contribution >= 4 is 27.0 Å². The summed E-state index contributed by atoms with van der Waals surface area (Å²) in [6.45, 7) is 0.120. The Morgan fingerprint density at radius 3 is 2.24 bits per heavy atom. The summed E-state index contributed by atoms with van der Waals surface area (Å²) in [5.41, 5.74) is 3.01. The van der Waals surface area contributed by atoms with Gasteiger partial charge in [-0.1, -0.05) is 41.1 Å². The van der Waals surface area contributed by atoms with Gasteiger partial charge in [0, 0.05) is 16.6 Å². The van der Waals surface area contributed by atoms with Crippen LogP contribution in [0, 0.1) is 0 Å². The number of hydrogen-bond donors (Lipinski definition) is 1. The molecule has 11 heteroatoms. The van der Waals surface area contributed by atoms with Crippen LogP contribution < -0.4 is 9.79 Å². The van der Waals surface area contributed by atoms with Gasteiger partial charge in [0.05, 0.1) is 0 Å². The fourth-order valence-corrected chi connectivity index (χ4v) is 2.68. The molecular formula is C18H15F3N2O5S. The molecule has 3 aromatic rings. The molecule has 2 aromatic carbocycles. The normalized spacial score (nSPS) is 11.6. The predicted octanol–water partition coefficient (Wildman–Crippen LogP) is 1.38. The van der Waals surface area contributed by atoms with Gasteiger partial charge < -0.3 is 9.90 Å². The SMILES string of the molecule is O=C([O-])C(F)(F)F.O=S(=O)(O)CC[n+]1ccc2cc(-c3ccccc3)ccc2n1. The maximum Gasteiger partial charge on any atom is 0.430 e. The van der Waals surface area contributed by atoms with Gasteiger partial charge in [-0.25, -0.2) is 0 Å². The number of carbonyl (C=O) groups is 1. The molecule has 0 bridgehead atoms. The van der Waals surface area contributed by atoms with E-state index in [4.69, 9.17) is 14.5 Å². The van der Waals surface area contributed by atoms with E-state index >= 15 is 0 Å². The first-order chi connectivity index (χ1) is 13.5. The van der Waals surface area contributed by atoms with Gasteiger partial charge in [-0.05, 0) is 23.3 Å². The number of aromatic nitrogens is 2. The van der Waals surface area contributed by atoms with Crippen molar-refractivity contribution in [2.75, 3.05) is 5.75 Å². The lowest BCUT2D eigenvalue weighted by Crippen LogP contribution is -2.40. The highest BCUT2D eigenvalue weighted by molar-refractivity contribution is 7.85. The van der Waals surface area contributed by atoms with E-state index in [0.717, 1.165) is 22.0 Å². The molecule has 0 saturated heterocycles. The molecule has 3 rings (SSSR count). The van der Waals surface area contributed by atoms with E-state index in [1.165, 1.54) is 4.68 Å². The maximum absolute atomic E-state index is 10.8. The Balaban J connectivity index is 0.000000370. The molecule has 0 aliphatic carbocycles. The number of alkyl halides is 3. The van der Waals surface area contributed by atoms with E-state index in [2.05, 4.69) is 5.10 Å². The molecule has 1 heterocycles. The third-order valence-electron chi connectivity index (χ3n) is 3.61. The minimum absolute atomic E-state index is 0.120. The monoisotopic (exact) mass is 428 g/mol. The van der Waals surface area contributed by atoms with Crippen molar-refractivity contribution in [2.45, 2.75) is 12.7 Å². The Hall–Kier alpha value is -3.05. The van der Waals surface area contributed by atoms with Crippen molar-refractivity contribution < 1.29 is 40.7 Å². The first-order valence-corrected chi connectivity index (χ1v) is 9.66. The average Bonchev–Trinajstić information content (AvgIpc) is 2.65. The fourth-order valence-electron chi connectivity index (χ4n) is 2.26. The summed E-state index contributed by atoms with van der Waals surface area (Å²) in [5.74, 6) is -3.36. The first kappa shape index (κ1) is 22.2. The summed E-state index contributed by atoms with van der Waals surface area (Å²) >= 11 is 0. The summed E-state index contributed by atoms with van der Waals surface area (Å²) in [4.78, 5) is 8.78. The van der Waals surface area contributed by atoms with Crippen LogP contribution in [-0.2, 0) is 21.5 Å². The molecule has 0 unspecified atom stereocenters. The highest BCUT2D eigenvalue weighted by atomic mass is 32.2. The molecule has 0 fully saturated rings. The summed E-state index contributed by atoms with van der Waals surface area (Å²) in [6.07, 6.45) is -3.48. The lowest BCUT2D eigenvalue weighted by atomic mass is 10.0. The van der Waals surface area contributed by atoms with Crippen LogP contribution in [0.4, 0.5) is 13.2 Å². The number of carboxylic acids is 1. The standard InChI is InChI=1S/C16H14N2O3S.C2HF3O2/c19-22(20,21)11-10-18-9-8-15-12-14(6-7-16(15)17-18)13-4-2-1-3-5-13;3-2(4,5)1(6)7/h1-9,12H,10-11H2;(H,6,7). The smallest absolute Gasteiger partial charge is 0.430 e. The number of carbonyl (C=O) groups excluding carboxylic acids is 1. The van der Waals surface area contributed by atoms with Crippen LogP contribution in [0.2, 0.25) is 0 Å². The summed E-state index contributed by atoms with van der Waals surface area (Å²) in [7, 11) is -3.98. The number of aryl methyl sites for hydroxylation is 1. The molecule has 0 spiro atoms. The molecule has 0 saturated carbocycles. The van der Waals surface area contributed by atoms with E-state index < -0.39 is 22.3 Å². The van der Waals surface area contributed by atoms with E-state index in [1.807, 2.05) is 54.6 Å². The Labute approximate surface area is 163 Å². The van der Waals surface area contributed by atoms with Crippen LogP contribution in [0.25, 0.3) is 22.0 Å². The van der Waals surface area contributed by atoms with Gasteiger partial charge in [0.2, 0.25) is 0 Å². The van der Waals surface area contributed by atoms with Crippen molar-refractivity contribution in [3.8, 4) is 11.1 Å². The van der Waals surface area contributed by atoms with Crippen molar-refractivity contribution in [1.82, 2.24) is 5.10 Å². The Kier molecular flexibility index (Phi) is 6.88. The minimum Gasteiger partial charge on any atom is -0.542 e. The van der Waals surface area contributed by atoms with Crippen LogP contribution in [0.3, 0.4) is 0 Å². The van der Waals surface area contributed by atoms with Crippen molar-refractivity contribution in [1.29, 1.82) is 0 Å². The molecule has 1 N–H and O–H groups in total. The highest BCUT2D eigenvalue weighted by Gasteiger charge is 2.28. The number of nitrogens with zero attached hydrogens (tertiary/aromatic N) is 2. The summed E-state index contributed by atoms with van der Waals surface area (Å²) in [6, 6.07) is 17.9. The third kappa shape index (κ3) is 7.12. The molecule has 154 valence electrons. The van der Waals surface area contributed by atoms with Gasteiger partial charge in [-0.15, -0.1) is 0 Å². The molecule has 1 aromatic heterocycles. The van der Waals surface area contributed by atoms with Gasteiger partial charge in [-0.2, -0.15) is 21.6 Å². The Morgan fingerprint density at radius 2 is 1.69 bits per heavy atom. The van der Waals surface area contributed by atoms with Crippen LogP contribution in [0.5, 0.6) is 0 Å². The Bertz CT molecular complexity index is 1100. The average molecular weight is 428 g/mol. The lowest BCUT2D eigenvalue weighted by Gasteiger charge is -2.03. The van der Waals surface area contributed by atoms with Crippen molar-refractivity contribution in [3.63, 3.8) is 0 Å². The van der Waals surface area contributed by atoms with Crippen LogP contribution in [0.1, 0.15) is 0 Å². The molecule has 0 radical (unpaired) electrons. The molecule has 0 atom stereocenters. The number of halogens is 3. The molecule has 29 heavy (non-hydrogen) atoms. The number of rotatable bonds is 4. The number of fused-ring (bicyclic) bond motifs is 1. The topological polar surface area (TPSA) is 111 Å². The maximum atomic E-state index is 10.8. The van der Waals surface area contributed by atoms with Crippen molar-refractivity contribution in [3.05, 3.63) is 60.8 Å². The molecule has 0 amide bonds. The number of carboxylic acid groups (broad SMARTS) is 1. The van der Waals surface area contributed by atoms with Gasteiger partial charge in [-0.3, -0.25) is 4.55 Å². The predicted molar refractivity (Wildman–Crippen MR) is 94.9 cm³/mol. The zero-order valence-corrected chi connectivity index (χ0v) is 15.5. The number of benzene rings is 2. The summed E-state index contributed by atoms with van der Waals surface area (Å²) in [5, 5.41) is 14.1. The van der Waals surface area contributed by atoms with Gasteiger partial charge in [0.25, 0.3) is 10.1 Å². The van der Waals surface area contributed by atoms with Crippen molar-refractivity contribution in [2.24, 2.45) is 0 Å². The fraction of sp³-hybridized carbons (Fsp3) is 0.167. The molecule has 7 nitrogen and oxygen atoms in total. The Morgan fingerprint density at radius 1 is 1.07 bits per heavy atom. The second-order valence-electron chi connectivity index (χ2n) is 5.79. The molecule has 0 aliphatic rings. The quantitative estimate of drug-likeness (QED) is 0.496. The lowest BCUT2D eigenvalue weighted by molar-refractivity contribution is -0.747. The van der Waals surface area contributed by atoms with Crippen LogP contribution in [0.15, 0.2) is 60.8 Å².